The van der Waals surface area contributed by atoms with Crippen molar-refractivity contribution in [3.8, 4) is 17.8 Å². The first kappa shape index (κ1) is 17.1. The van der Waals surface area contributed by atoms with E-state index in [-0.39, 0.29) is 12.0 Å². The fourth-order valence-corrected chi connectivity index (χ4v) is 3.13. The Balaban J connectivity index is 1.72. The van der Waals surface area contributed by atoms with Crippen LogP contribution in [0.15, 0.2) is 18.3 Å². The molecule has 1 saturated carbocycles. The molecule has 2 aromatic heterocycles. The van der Waals surface area contributed by atoms with Crippen LogP contribution in [0.4, 0.5) is 5.95 Å². The van der Waals surface area contributed by atoms with Crippen molar-refractivity contribution in [1.29, 1.82) is 5.26 Å². The number of nitrogens with zero attached hydrogens (tertiary/aromatic N) is 3. The van der Waals surface area contributed by atoms with Crippen molar-refractivity contribution in [3.63, 3.8) is 0 Å². The van der Waals surface area contributed by atoms with E-state index < -0.39 is 0 Å². The van der Waals surface area contributed by atoms with E-state index in [9.17, 15) is 0 Å². The third-order valence-electron chi connectivity index (χ3n) is 4.48. The number of ether oxygens (including phenoxy) is 2. The molecule has 0 bridgehead atoms. The number of anilines is 1. The number of aromatic nitrogens is 3. The second-order valence-electron chi connectivity index (χ2n) is 6.37. The summed E-state index contributed by atoms with van der Waals surface area (Å²) >= 11 is 0. The largest absolute Gasteiger partial charge is 0.491 e. The predicted octanol–water partition coefficient (Wildman–Crippen LogP) is 3.37. The molecule has 1 fully saturated rings. The first-order chi connectivity index (χ1) is 12.2. The lowest BCUT2D eigenvalue weighted by atomic mass is 10.0. The summed E-state index contributed by atoms with van der Waals surface area (Å²) < 4.78 is 11.5. The molecule has 1 atom stereocenters. The zero-order chi connectivity index (χ0) is 17.6. The Hall–Kier alpha value is -2.75. The van der Waals surface area contributed by atoms with Crippen molar-refractivity contribution in [1.82, 2.24) is 15.0 Å². The lowest BCUT2D eigenvalue weighted by molar-refractivity contribution is 0.191. The van der Waals surface area contributed by atoms with Gasteiger partial charge in [0.05, 0.1) is 13.3 Å². The Kier molecular flexibility index (Phi) is 5.39. The summed E-state index contributed by atoms with van der Waals surface area (Å²) in [4.78, 5) is 11.9. The smallest absolute Gasteiger partial charge is 0.257 e. The predicted molar refractivity (Wildman–Crippen MR) is 93.6 cm³/mol. The van der Waals surface area contributed by atoms with Crippen LogP contribution in [0.2, 0.25) is 0 Å². The van der Waals surface area contributed by atoms with Crippen molar-refractivity contribution in [3.05, 3.63) is 29.7 Å². The van der Waals surface area contributed by atoms with Gasteiger partial charge in [-0.25, -0.2) is 9.97 Å². The monoisotopic (exact) mass is 341 g/mol. The zero-order valence-electron chi connectivity index (χ0n) is 14.6. The molecule has 7 heteroatoms. The van der Waals surface area contributed by atoms with E-state index in [0.717, 1.165) is 30.7 Å². The summed E-state index contributed by atoms with van der Waals surface area (Å²) in [5.41, 5.74) is 1.89. The molecule has 1 aliphatic carbocycles. The number of imidazole rings is 1. The Labute approximate surface area is 147 Å². The van der Waals surface area contributed by atoms with E-state index in [4.69, 9.17) is 19.7 Å². The van der Waals surface area contributed by atoms with Crippen LogP contribution >= 0.6 is 0 Å². The van der Waals surface area contributed by atoms with Crippen LogP contribution in [0.5, 0.6) is 11.6 Å². The molecule has 1 unspecified atom stereocenters. The van der Waals surface area contributed by atoms with Gasteiger partial charge in [0.25, 0.3) is 5.88 Å². The maximum Gasteiger partial charge on any atom is 0.257 e. The molecule has 25 heavy (non-hydrogen) atoms. The minimum absolute atomic E-state index is 0.173. The van der Waals surface area contributed by atoms with E-state index in [1.807, 2.05) is 18.3 Å². The van der Waals surface area contributed by atoms with Crippen molar-refractivity contribution >= 4 is 5.95 Å². The number of rotatable bonds is 7. The average Bonchev–Trinajstić information content (AvgIpc) is 3.27. The Morgan fingerprint density at radius 1 is 1.40 bits per heavy atom. The van der Waals surface area contributed by atoms with Gasteiger partial charge in [0, 0.05) is 17.3 Å². The lowest BCUT2D eigenvalue weighted by Crippen LogP contribution is -2.14. The average molecular weight is 341 g/mol. The van der Waals surface area contributed by atoms with Gasteiger partial charge < -0.3 is 14.5 Å². The molecule has 7 nitrogen and oxygen atoms in total. The number of pyridine rings is 1. The lowest BCUT2D eigenvalue weighted by Gasteiger charge is -2.17. The van der Waals surface area contributed by atoms with Crippen molar-refractivity contribution < 1.29 is 9.47 Å². The minimum atomic E-state index is 0.173. The van der Waals surface area contributed by atoms with Gasteiger partial charge >= 0.3 is 0 Å². The summed E-state index contributed by atoms with van der Waals surface area (Å²) in [7, 11) is 1.63. The second kappa shape index (κ2) is 7.88. The van der Waals surface area contributed by atoms with Gasteiger partial charge in [0.2, 0.25) is 5.95 Å². The molecular formula is C18H23N5O2. The van der Waals surface area contributed by atoms with Gasteiger partial charge in [-0.3, -0.25) is 5.32 Å². The number of hydrogen-bond donors (Lipinski definition) is 2. The fourth-order valence-electron chi connectivity index (χ4n) is 3.13. The summed E-state index contributed by atoms with van der Waals surface area (Å²) in [6.45, 7) is 2.10. The molecule has 132 valence electrons. The molecule has 2 aromatic rings. The molecule has 0 radical (unpaired) electrons. The quantitative estimate of drug-likeness (QED) is 0.592. The van der Waals surface area contributed by atoms with Gasteiger partial charge in [0.15, 0.2) is 11.9 Å². The number of methoxy groups -OCH3 is 1. The van der Waals surface area contributed by atoms with E-state index in [2.05, 4.69) is 22.2 Å². The maximum atomic E-state index is 8.63. The summed E-state index contributed by atoms with van der Waals surface area (Å²) in [6.07, 6.45) is 9.13. The summed E-state index contributed by atoms with van der Waals surface area (Å²) in [5, 5.41) is 11.1. The van der Waals surface area contributed by atoms with Gasteiger partial charge in [0.1, 0.15) is 6.10 Å². The Morgan fingerprint density at radius 2 is 2.20 bits per heavy atom. The topological polar surface area (TPSA) is 95.8 Å². The van der Waals surface area contributed by atoms with Gasteiger partial charge in [-0.05, 0) is 44.2 Å². The van der Waals surface area contributed by atoms with Crippen LogP contribution in [-0.2, 0) is 6.42 Å². The van der Waals surface area contributed by atoms with Gasteiger partial charge in [-0.15, -0.1) is 0 Å². The molecule has 0 aliphatic heterocycles. The summed E-state index contributed by atoms with van der Waals surface area (Å²) in [5.74, 6) is 1.88. The highest BCUT2D eigenvalue weighted by Gasteiger charge is 2.20. The summed E-state index contributed by atoms with van der Waals surface area (Å²) in [6, 6.07) is 3.88. The number of hydrogen-bond acceptors (Lipinski definition) is 6. The molecular weight excluding hydrogens is 318 g/mol. The molecule has 2 heterocycles. The van der Waals surface area contributed by atoms with Crippen molar-refractivity contribution in [2.24, 2.45) is 0 Å². The third kappa shape index (κ3) is 4.21. The van der Waals surface area contributed by atoms with E-state index >= 15 is 0 Å². The highest BCUT2D eigenvalue weighted by Crippen LogP contribution is 2.32. The number of aromatic amines is 1. The van der Waals surface area contributed by atoms with Crippen LogP contribution < -0.4 is 14.8 Å². The van der Waals surface area contributed by atoms with Crippen molar-refractivity contribution in [2.75, 3.05) is 12.4 Å². The molecule has 1 aliphatic rings. The first-order valence-corrected chi connectivity index (χ1v) is 8.60. The molecule has 0 amide bonds. The Morgan fingerprint density at radius 3 is 2.92 bits per heavy atom. The van der Waals surface area contributed by atoms with Crippen LogP contribution in [-0.4, -0.2) is 28.2 Å². The molecule has 0 aromatic carbocycles. The number of nitrogens with one attached hydrogen (secondary N) is 2. The molecule has 0 spiro atoms. The SMILES string of the molecule is COc1ccc(C(C)Cc2cnc(NC#N)[nH]2)nc1OC1CCCC1. The minimum Gasteiger partial charge on any atom is -0.491 e. The number of nitriles is 1. The Bertz CT molecular complexity index is 746. The first-order valence-electron chi connectivity index (χ1n) is 8.60. The van der Waals surface area contributed by atoms with Crippen LogP contribution in [0.3, 0.4) is 0 Å². The highest BCUT2D eigenvalue weighted by molar-refractivity contribution is 5.36. The van der Waals surface area contributed by atoms with Crippen molar-refractivity contribution in [2.45, 2.75) is 51.0 Å². The third-order valence-corrected chi connectivity index (χ3v) is 4.48. The fraction of sp³-hybridized carbons (Fsp3) is 0.500. The van der Waals surface area contributed by atoms with Crippen LogP contribution in [0.1, 0.15) is 49.9 Å². The zero-order valence-corrected chi connectivity index (χ0v) is 14.6. The van der Waals surface area contributed by atoms with Crippen LogP contribution in [0, 0.1) is 11.5 Å². The molecule has 0 saturated heterocycles. The van der Waals surface area contributed by atoms with E-state index in [0.29, 0.717) is 17.6 Å². The normalized spacial score (nSPS) is 15.6. The van der Waals surface area contributed by atoms with Gasteiger partial charge in [-0.1, -0.05) is 6.92 Å². The van der Waals surface area contributed by atoms with Gasteiger partial charge in [-0.2, -0.15) is 5.26 Å². The van der Waals surface area contributed by atoms with Crippen LogP contribution in [0.25, 0.3) is 0 Å². The second-order valence-corrected chi connectivity index (χ2v) is 6.37. The maximum absolute atomic E-state index is 8.63. The molecule has 3 rings (SSSR count). The number of H-pyrrole nitrogens is 1. The molecule has 2 N–H and O–H groups in total. The van der Waals surface area contributed by atoms with E-state index in [1.165, 1.54) is 12.8 Å². The van der Waals surface area contributed by atoms with E-state index in [1.54, 1.807) is 13.3 Å². The standard InChI is InChI=1S/C18H23N5O2/c1-12(9-13-10-20-18(22-13)21-11-19)15-7-8-16(24-2)17(23-15)25-14-5-3-4-6-14/h7-8,10,12,14H,3-6,9H2,1-2H3,(H2,20,21,22). The highest BCUT2D eigenvalue weighted by atomic mass is 16.5.